The number of carbonyl (C=O) groups excluding carboxylic acids is 1. The highest BCUT2D eigenvalue weighted by Crippen LogP contribution is 2.23. The lowest BCUT2D eigenvalue weighted by Crippen LogP contribution is -2.13. The van der Waals surface area contributed by atoms with Gasteiger partial charge < -0.3 is 15.8 Å². The molecule has 0 bridgehead atoms. The van der Waals surface area contributed by atoms with E-state index in [1.807, 2.05) is 6.92 Å². The molecule has 0 atom stereocenters. The molecule has 4 nitrogen and oxygen atoms in total. The molecule has 0 aliphatic rings. The van der Waals surface area contributed by atoms with Crippen LogP contribution in [0.25, 0.3) is 0 Å². The van der Waals surface area contributed by atoms with Crippen LogP contribution in [-0.2, 0) is 0 Å². The lowest BCUT2D eigenvalue weighted by molar-refractivity contribution is 0.102. The molecule has 0 heterocycles. The third-order valence-electron chi connectivity index (χ3n) is 2.75. The van der Waals surface area contributed by atoms with Crippen molar-refractivity contribution in [1.29, 1.82) is 0 Å². The summed E-state index contributed by atoms with van der Waals surface area (Å²) in [6.07, 6.45) is 0. The monoisotopic (exact) mass is 292 g/mol. The quantitative estimate of drug-likeness (QED) is 0.851. The first-order valence-corrected chi connectivity index (χ1v) is 6.30. The number of rotatable bonds is 4. The van der Waals surface area contributed by atoms with E-state index in [0.717, 1.165) is 18.2 Å². The van der Waals surface area contributed by atoms with Gasteiger partial charge in [-0.05, 0) is 37.3 Å². The highest BCUT2D eigenvalue weighted by atomic mass is 19.1. The van der Waals surface area contributed by atoms with Gasteiger partial charge in [-0.3, -0.25) is 4.79 Å². The Balaban J connectivity index is 2.20. The van der Waals surface area contributed by atoms with Crippen molar-refractivity contribution in [2.45, 2.75) is 6.92 Å². The molecule has 0 aliphatic carbocycles. The van der Waals surface area contributed by atoms with Crippen LogP contribution in [-0.4, -0.2) is 12.5 Å². The molecule has 0 aromatic heterocycles. The molecule has 110 valence electrons. The molecule has 0 aliphatic heterocycles. The minimum atomic E-state index is -0.719. The summed E-state index contributed by atoms with van der Waals surface area (Å²) in [6, 6.07) is 7.28. The first kappa shape index (κ1) is 14.8. The van der Waals surface area contributed by atoms with Gasteiger partial charge in [0.15, 0.2) is 0 Å². The van der Waals surface area contributed by atoms with E-state index in [0.29, 0.717) is 18.0 Å². The molecule has 2 aromatic rings. The van der Waals surface area contributed by atoms with Gasteiger partial charge in [0.2, 0.25) is 0 Å². The van der Waals surface area contributed by atoms with E-state index in [1.165, 1.54) is 12.1 Å². The average Bonchev–Trinajstić information content (AvgIpc) is 2.45. The smallest absolute Gasteiger partial charge is 0.255 e. The lowest BCUT2D eigenvalue weighted by Gasteiger charge is -2.10. The van der Waals surface area contributed by atoms with Gasteiger partial charge in [-0.15, -0.1) is 0 Å². The molecule has 0 saturated heterocycles. The summed E-state index contributed by atoms with van der Waals surface area (Å²) < 4.78 is 31.8. The van der Waals surface area contributed by atoms with Gasteiger partial charge in [-0.2, -0.15) is 0 Å². The molecule has 21 heavy (non-hydrogen) atoms. The number of halogens is 2. The molecule has 0 spiro atoms. The van der Waals surface area contributed by atoms with Crippen LogP contribution in [0.4, 0.5) is 20.2 Å². The minimum absolute atomic E-state index is 0.222. The minimum Gasteiger partial charge on any atom is -0.492 e. The van der Waals surface area contributed by atoms with Crippen LogP contribution in [0.5, 0.6) is 5.75 Å². The molecule has 0 fully saturated rings. The number of nitrogens with one attached hydrogen (secondary N) is 1. The number of nitrogens with two attached hydrogens (primary N) is 1. The van der Waals surface area contributed by atoms with Crippen LogP contribution >= 0.6 is 0 Å². The van der Waals surface area contributed by atoms with Crippen molar-refractivity contribution in [2.75, 3.05) is 17.7 Å². The first-order valence-electron chi connectivity index (χ1n) is 6.30. The number of anilines is 2. The Morgan fingerprint density at radius 2 is 2.00 bits per heavy atom. The molecule has 0 unspecified atom stereocenters. The Hall–Kier alpha value is -2.63. The predicted octanol–water partition coefficient (Wildman–Crippen LogP) is 3.20. The third kappa shape index (κ3) is 3.47. The first-order chi connectivity index (χ1) is 10.0. The fourth-order valence-electron chi connectivity index (χ4n) is 1.76. The second-order valence-corrected chi connectivity index (χ2v) is 4.26. The van der Waals surface area contributed by atoms with Gasteiger partial charge in [0.25, 0.3) is 5.91 Å². The standard InChI is InChI=1S/C15H14F2N2O2/c1-2-21-14-6-3-9(7-12(14)18)15(20)19-13-8-10(16)4-5-11(13)17/h3-8H,2,18H2,1H3,(H,19,20). The van der Waals surface area contributed by atoms with Crippen molar-refractivity contribution in [3.8, 4) is 5.75 Å². The number of nitrogen functional groups attached to an aromatic ring is 1. The molecular formula is C15H14F2N2O2. The van der Waals surface area contributed by atoms with E-state index in [2.05, 4.69) is 5.32 Å². The Labute approximate surface area is 120 Å². The van der Waals surface area contributed by atoms with Crippen LogP contribution < -0.4 is 15.8 Å². The van der Waals surface area contributed by atoms with Gasteiger partial charge in [-0.1, -0.05) is 0 Å². The Bertz CT molecular complexity index is 675. The maximum Gasteiger partial charge on any atom is 0.255 e. The fourth-order valence-corrected chi connectivity index (χ4v) is 1.76. The average molecular weight is 292 g/mol. The van der Waals surface area contributed by atoms with Crippen molar-refractivity contribution in [2.24, 2.45) is 0 Å². The van der Waals surface area contributed by atoms with E-state index in [-0.39, 0.29) is 11.3 Å². The van der Waals surface area contributed by atoms with Crippen LogP contribution in [0.2, 0.25) is 0 Å². The van der Waals surface area contributed by atoms with Crippen LogP contribution in [0.3, 0.4) is 0 Å². The number of amides is 1. The molecule has 3 N–H and O–H groups in total. The summed E-state index contributed by atoms with van der Waals surface area (Å²) >= 11 is 0. The number of carbonyl (C=O) groups is 1. The van der Waals surface area contributed by atoms with E-state index in [9.17, 15) is 13.6 Å². The zero-order chi connectivity index (χ0) is 15.4. The normalized spacial score (nSPS) is 10.2. The second-order valence-electron chi connectivity index (χ2n) is 4.26. The second kappa shape index (κ2) is 6.21. The lowest BCUT2D eigenvalue weighted by atomic mass is 10.1. The largest absolute Gasteiger partial charge is 0.492 e. The summed E-state index contributed by atoms with van der Waals surface area (Å²) in [5, 5.41) is 2.30. The number of benzene rings is 2. The highest BCUT2D eigenvalue weighted by Gasteiger charge is 2.12. The third-order valence-corrected chi connectivity index (χ3v) is 2.75. The maximum atomic E-state index is 13.5. The SMILES string of the molecule is CCOc1ccc(C(=O)Nc2cc(F)ccc2F)cc1N. The summed E-state index contributed by atoms with van der Waals surface area (Å²) in [5.41, 5.74) is 6.04. The highest BCUT2D eigenvalue weighted by molar-refractivity contribution is 6.05. The van der Waals surface area contributed by atoms with Gasteiger partial charge in [0.1, 0.15) is 17.4 Å². The summed E-state index contributed by atoms with van der Waals surface area (Å²) in [6.45, 7) is 2.26. The topological polar surface area (TPSA) is 64.3 Å². The van der Waals surface area contributed by atoms with Crippen molar-refractivity contribution in [3.63, 3.8) is 0 Å². The van der Waals surface area contributed by atoms with Gasteiger partial charge in [0, 0.05) is 11.6 Å². The zero-order valence-electron chi connectivity index (χ0n) is 11.3. The Morgan fingerprint density at radius 1 is 1.24 bits per heavy atom. The summed E-state index contributed by atoms with van der Waals surface area (Å²) in [7, 11) is 0. The molecule has 2 aromatic carbocycles. The predicted molar refractivity (Wildman–Crippen MR) is 76.3 cm³/mol. The Morgan fingerprint density at radius 3 is 2.67 bits per heavy atom. The number of ether oxygens (including phenoxy) is 1. The number of hydrogen-bond donors (Lipinski definition) is 2. The molecule has 0 radical (unpaired) electrons. The van der Waals surface area contributed by atoms with E-state index in [1.54, 1.807) is 6.07 Å². The molecule has 0 saturated carbocycles. The van der Waals surface area contributed by atoms with Crippen molar-refractivity contribution in [3.05, 3.63) is 53.6 Å². The molecule has 2 rings (SSSR count). The van der Waals surface area contributed by atoms with Gasteiger partial charge in [0.05, 0.1) is 18.0 Å². The number of hydrogen-bond acceptors (Lipinski definition) is 3. The molecule has 1 amide bonds. The van der Waals surface area contributed by atoms with Gasteiger partial charge in [-0.25, -0.2) is 8.78 Å². The maximum absolute atomic E-state index is 13.5. The van der Waals surface area contributed by atoms with E-state index < -0.39 is 17.5 Å². The van der Waals surface area contributed by atoms with Crippen molar-refractivity contribution < 1.29 is 18.3 Å². The molecular weight excluding hydrogens is 278 g/mol. The van der Waals surface area contributed by atoms with Crippen molar-refractivity contribution >= 4 is 17.3 Å². The van der Waals surface area contributed by atoms with Crippen LogP contribution in [0, 0.1) is 11.6 Å². The van der Waals surface area contributed by atoms with Crippen LogP contribution in [0.1, 0.15) is 17.3 Å². The molecule has 6 heteroatoms. The van der Waals surface area contributed by atoms with Crippen molar-refractivity contribution in [1.82, 2.24) is 0 Å². The Kier molecular flexibility index (Phi) is 4.37. The van der Waals surface area contributed by atoms with E-state index in [4.69, 9.17) is 10.5 Å². The van der Waals surface area contributed by atoms with E-state index >= 15 is 0 Å². The van der Waals surface area contributed by atoms with Crippen LogP contribution in [0.15, 0.2) is 36.4 Å². The van der Waals surface area contributed by atoms with Gasteiger partial charge >= 0.3 is 0 Å². The fraction of sp³-hybridized carbons (Fsp3) is 0.133. The summed E-state index contributed by atoms with van der Waals surface area (Å²) in [4.78, 5) is 12.0. The zero-order valence-corrected chi connectivity index (χ0v) is 11.3. The summed E-state index contributed by atoms with van der Waals surface area (Å²) in [5.74, 6) is -1.48.